The van der Waals surface area contributed by atoms with Gasteiger partial charge in [-0.25, -0.2) is 4.98 Å². The maximum absolute atomic E-state index is 4.78. The number of aryl methyl sites for hydroxylation is 1. The van der Waals surface area contributed by atoms with Gasteiger partial charge in [0.1, 0.15) is 5.82 Å². The summed E-state index contributed by atoms with van der Waals surface area (Å²) in [5.41, 5.74) is 2.17. The summed E-state index contributed by atoms with van der Waals surface area (Å²) in [7, 11) is 2.07. The van der Waals surface area contributed by atoms with Gasteiger partial charge in [0.15, 0.2) is 0 Å². The highest BCUT2D eigenvalue weighted by molar-refractivity contribution is 5.51. The number of nitrogens with zero attached hydrogens (tertiary/aromatic N) is 2. The molecule has 4 rings (SSSR count). The molecule has 2 heteroatoms. The minimum atomic E-state index is -0.343. The summed E-state index contributed by atoms with van der Waals surface area (Å²) in [6, 6.07) is 21.4. The van der Waals surface area contributed by atoms with E-state index < -0.39 is 0 Å². The molecule has 0 bridgehead atoms. The van der Waals surface area contributed by atoms with Gasteiger partial charge in [-0.2, -0.15) is 0 Å². The van der Waals surface area contributed by atoms with Crippen LogP contribution < -0.4 is 0 Å². The van der Waals surface area contributed by atoms with Crippen molar-refractivity contribution in [2.45, 2.75) is 5.41 Å². The Bertz CT molecular complexity index is 821. The van der Waals surface area contributed by atoms with E-state index in [4.69, 9.17) is 4.98 Å². The molecule has 0 unspecified atom stereocenters. The van der Waals surface area contributed by atoms with Gasteiger partial charge in [0.05, 0.1) is 5.41 Å². The number of benzene rings is 2. The van der Waals surface area contributed by atoms with Gasteiger partial charge in [-0.1, -0.05) is 85.0 Å². The molecule has 1 aromatic heterocycles. The zero-order valence-corrected chi connectivity index (χ0v) is 13.7. The number of rotatable bonds is 4. The highest BCUT2D eigenvalue weighted by Gasteiger charge is 2.45. The van der Waals surface area contributed by atoms with Gasteiger partial charge in [-0.3, -0.25) is 0 Å². The fourth-order valence-electron chi connectivity index (χ4n) is 3.83. The van der Waals surface area contributed by atoms with Crippen LogP contribution in [0.3, 0.4) is 0 Å². The van der Waals surface area contributed by atoms with Crippen LogP contribution in [0.4, 0.5) is 0 Å². The molecule has 0 N–H and O–H groups in total. The Balaban J connectivity index is 2.09. The van der Waals surface area contributed by atoms with Crippen LogP contribution in [0.1, 0.15) is 17.0 Å². The molecule has 0 aliphatic heterocycles. The van der Waals surface area contributed by atoms with E-state index in [1.807, 2.05) is 12.4 Å². The molecular formula is C22H20N2. The van der Waals surface area contributed by atoms with Crippen molar-refractivity contribution in [3.8, 4) is 0 Å². The third kappa shape index (κ3) is 2.15. The zero-order valence-electron chi connectivity index (χ0n) is 13.7. The second-order valence-corrected chi connectivity index (χ2v) is 6.20. The smallest absolute Gasteiger partial charge is 0.124 e. The molecule has 0 amide bonds. The standard InChI is InChI=1S/C22H20N2/c1-24-17-16-23-21(24)22(20-14-8-9-15-20,18-10-4-2-5-11-18)19-12-6-3-7-13-19/h2-17,20H,1H3. The van der Waals surface area contributed by atoms with Crippen molar-refractivity contribution in [1.29, 1.82) is 0 Å². The van der Waals surface area contributed by atoms with Crippen molar-refractivity contribution < 1.29 is 0 Å². The fraction of sp³-hybridized carbons (Fsp3) is 0.136. The van der Waals surface area contributed by atoms with Gasteiger partial charge >= 0.3 is 0 Å². The van der Waals surface area contributed by atoms with E-state index >= 15 is 0 Å². The predicted octanol–water partition coefficient (Wildman–Crippen LogP) is 4.50. The Kier molecular flexibility index (Phi) is 3.66. The van der Waals surface area contributed by atoms with Gasteiger partial charge in [-0.15, -0.1) is 0 Å². The number of imidazole rings is 1. The lowest BCUT2D eigenvalue weighted by Crippen LogP contribution is -2.38. The van der Waals surface area contributed by atoms with E-state index in [0.29, 0.717) is 0 Å². The summed E-state index contributed by atoms with van der Waals surface area (Å²) >= 11 is 0. The normalized spacial score (nSPS) is 14.4. The van der Waals surface area contributed by atoms with Crippen molar-refractivity contribution in [2.75, 3.05) is 0 Å². The number of allylic oxidation sites excluding steroid dienone is 4. The van der Waals surface area contributed by atoms with Gasteiger partial charge in [0, 0.05) is 25.4 Å². The van der Waals surface area contributed by atoms with Crippen LogP contribution in [0.5, 0.6) is 0 Å². The molecule has 0 saturated carbocycles. The summed E-state index contributed by atoms with van der Waals surface area (Å²) in [5.74, 6) is 1.28. The largest absolute Gasteiger partial charge is 0.337 e. The lowest BCUT2D eigenvalue weighted by Gasteiger charge is -2.38. The molecule has 0 radical (unpaired) electrons. The second kappa shape index (κ2) is 5.97. The van der Waals surface area contributed by atoms with Crippen LogP contribution in [0, 0.1) is 5.92 Å². The molecule has 2 nitrogen and oxygen atoms in total. The zero-order chi connectivity index (χ0) is 16.4. The first-order valence-corrected chi connectivity index (χ1v) is 8.27. The molecule has 0 spiro atoms. The van der Waals surface area contributed by atoms with E-state index in [1.165, 1.54) is 11.1 Å². The third-order valence-corrected chi connectivity index (χ3v) is 4.88. The number of hydrogen-bond acceptors (Lipinski definition) is 1. The van der Waals surface area contributed by atoms with Crippen LogP contribution in [-0.2, 0) is 12.5 Å². The Morgan fingerprint density at radius 1 is 0.833 bits per heavy atom. The molecule has 24 heavy (non-hydrogen) atoms. The van der Waals surface area contributed by atoms with E-state index in [0.717, 1.165) is 5.82 Å². The lowest BCUT2D eigenvalue weighted by molar-refractivity contribution is 0.480. The van der Waals surface area contributed by atoms with Crippen LogP contribution >= 0.6 is 0 Å². The lowest BCUT2D eigenvalue weighted by atomic mass is 9.65. The maximum atomic E-state index is 4.78. The van der Waals surface area contributed by atoms with Crippen molar-refractivity contribution >= 4 is 0 Å². The molecule has 1 heterocycles. The van der Waals surface area contributed by atoms with Crippen LogP contribution in [0.25, 0.3) is 0 Å². The minimum Gasteiger partial charge on any atom is -0.337 e. The Morgan fingerprint density at radius 3 is 1.83 bits per heavy atom. The number of hydrogen-bond donors (Lipinski definition) is 0. The molecule has 1 aliphatic carbocycles. The first-order valence-electron chi connectivity index (χ1n) is 8.27. The summed E-state index contributed by atoms with van der Waals surface area (Å²) < 4.78 is 2.14. The van der Waals surface area contributed by atoms with Gasteiger partial charge in [0.2, 0.25) is 0 Å². The Labute approximate surface area is 142 Å². The van der Waals surface area contributed by atoms with E-state index in [1.54, 1.807) is 0 Å². The molecule has 2 aromatic carbocycles. The van der Waals surface area contributed by atoms with E-state index in [-0.39, 0.29) is 11.3 Å². The first-order chi connectivity index (χ1) is 11.8. The molecule has 0 atom stereocenters. The molecule has 3 aromatic rings. The summed E-state index contributed by atoms with van der Waals surface area (Å²) in [6.45, 7) is 0. The van der Waals surface area contributed by atoms with E-state index in [9.17, 15) is 0 Å². The Hall–Kier alpha value is -2.87. The molecular weight excluding hydrogens is 292 g/mol. The number of aromatic nitrogens is 2. The van der Waals surface area contributed by atoms with Crippen molar-refractivity contribution in [1.82, 2.24) is 9.55 Å². The summed E-state index contributed by atoms with van der Waals surface area (Å²) in [4.78, 5) is 4.78. The highest BCUT2D eigenvalue weighted by Crippen LogP contribution is 2.46. The van der Waals surface area contributed by atoms with Crippen LogP contribution in [0.15, 0.2) is 97.4 Å². The average molecular weight is 312 g/mol. The topological polar surface area (TPSA) is 17.8 Å². The summed E-state index contributed by atoms with van der Waals surface area (Å²) in [5, 5.41) is 0. The molecule has 0 fully saturated rings. The van der Waals surface area contributed by atoms with Gasteiger partial charge in [-0.05, 0) is 11.1 Å². The fourth-order valence-corrected chi connectivity index (χ4v) is 3.83. The SMILES string of the molecule is Cn1ccnc1C(c1ccccc1)(c1ccccc1)C1C=CC=C1. The molecule has 1 aliphatic rings. The second-order valence-electron chi connectivity index (χ2n) is 6.20. The van der Waals surface area contributed by atoms with Crippen LogP contribution in [0.2, 0.25) is 0 Å². The van der Waals surface area contributed by atoms with Crippen molar-refractivity contribution in [3.05, 3.63) is 114 Å². The monoisotopic (exact) mass is 312 g/mol. The quantitative estimate of drug-likeness (QED) is 0.694. The van der Waals surface area contributed by atoms with Gasteiger partial charge < -0.3 is 4.57 Å². The predicted molar refractivity (Wildman–Crippen MR) is 97.7 cm³/mol. The third-order valence-electron chi connectivity index (χ3n) is 4.88. The van der Waals surface area contributed by atoms with Crippen LogP contribution in [-0.4, -0.2) is 9.55 Å². The molecule has 0 saturated heterocycles. The first kappa shape index (κ1) is 14.7. The average Bonchev–Trinajstić information content (AvgIpc) is 3.31. The van der Waals surface area contributed by atoms with E-state index in [2.05, 4.69) is 96.6 Å². The van der Waals surface area contributed by atoms with Crippen molar-refractivity contribution in [2.24, 2.45) is 13.0 Å². The maximum Gasteiger partial charge on any atom is 0.124 e. The molecule has 118 valence electrons. The Morgan fingerprint density at radius 2 is 1.38 bits per heavy atom. The van der Waals surface area contributed by atoms with Crippen molar-refractivity contribution in [3.63, 3.8) is 0 Å². The van der Waals surface area contributed by atoms with Gasteiger partial charge in [0.25, 0.3) is 0 Å². The highest BCUT2D eigenvalue weighted by atomic mass is 15.1. The minimum absolute atomic E-state index is 0.225. The summed E-state index contributed by atoms with van der Waals surface area (Å²) in [6.07, 6.45) is 12.7.